The van der Waals surface area contributed by atoms with Crippen molar-refractivity contribution >= 4 is 61.5 Å². The van der Waals surface area contributed by atoms with Crippen LogP contribution >= 0.6 is 45.8 Å². The van der Waals surface area contributed by atoms with Crippen molar-refractivity contribution in [3.05, 3.63) is 44.1 Å². The Bertz CT molecular complexity index is 784. The number of hydrogen-bond acceptors (Lipinski definition) is 4. The van der Waals surface area contributed by atoms with Crippen LogP contribution in [0.4, 0.5) is 5.69 Å². The number of pyridine rings is 1. The first kappa shape index (κ1) is 16.6. The van der Waals surface area contributed by atoms with Gasteiger partial charge in [0.2, 0.25) is 5.88 Å². The summed E-state index contributed by atoms with van der Waals surface area (Å²) in [6.07, 6.45) is 1.31. The van der Waals surface area contributed by atoms with Crippen molar-refractivity contribution in [3.8, 4) is 5.88 Å². The molecule has 112 valence electrons. The summed E-state index contributed by atoms with van der Waals surface area (Å²) in [5.74, 6) is -0.0316. The van der Waals surface area contributed by atoms with Crippen LogP contribution in [0.25, 0.3) is 0 Å². The topological polar surface area (TPSA) is 68.3 Å². The normalized spacial score (nSPS) is 11.2. The van der Waals surface area contributed by atoms with Gasteiger partial charge in [-0.15, -0.1) is 0 Å². The molecule has 0 saturated carbocycles. The molecule has 0 unspecified atom stereocenters. The molecular weight excluding hydrogens is 450 g/mol. The van der Waals surface area contributed by atoms with E-state index in [0.29, 0.717) is 14.3 Å². The molecule has 0 aliphatic rings. The fraction of sp³-hybridized carbons (Fsp3) is 0.0833. The monoisotopic (exact) mass is 458 g/mol. The fourth-order valence-corrected chi connectivity index (χ4v) is 4.16. The maximum absolute atomic E-state index is 12.4. The lowest BCUT2D eigenvalue weighted by Gasteiger charge is -2.12. The molecule has 0 fully saturated rings. The van der Waals surface area contributed by atoms with E-state index in [2.05, 4.69) is 9.71 Å². The number of ether oxygens (including phenoxy) is 1. The van der Waals surface area contributed by atoms with E-state index in [9.17, 15) is 8.42 Å². The summed E-state index contributed by atoms with van der Waals surface area (Å²) in [6.45, 7) is 0. The predicted molar refractivity (Wildman–Crippen MR) is 90.8 cm³/mol. The van der Waals surface area contributed by atoms with Gasteiger partial charge in [-0.2, -0.15) is 0 Å². The fourth-order valence-electron chi connectivity index (χ4n) is 1.53. The molecule has 0 aliphatic heterocycles. The van der Waals surface area contributed by atoms with Crippen molar-refractivity contribution in [1.29, 1.82) is 0 Å². The molecule has 1 N–H and O–H groups in total. The van der Waals surface area contributed by atoms with Crippen LogP contribution in [0.2, 0.25) is 10.0 Å². The van der Waals surface area contributed by atoms with E-state index in [1.807, 2.05) is 22.6 Å². The number of hydrogen-bond donors (Lipinski definition) is 1. The number of anilines is 1. The summed E-state index contributed by atoms with van der Waals surface area (Å²) in [5.41, 5.74) is 0.405. The third-order valence-corrected chi connectivity index (χ3v) is 5.14. The standard InChI is InChI=1S/C12H9Cl2IN2O3S/c1-20-12-11(5-8(14)6-16-12)21(18,19)17-10-3-2-7(13)4-9(10)15/h2-6,17H,1H3. The number of rotatable bonds is 4. The molecule has 0 amide bonds. The number of halogens is 3. The largest absolute Gasteiger partial charge is 0.480 e. The Kier molecular flexibility index (Phi) is 5.18. The van der Waals surface area contributed by atoms with Crippen molar-refractivity contribution < 1.29 is 13.2 Å². The molecule has 9 heteroatoms. The minimum atomic E-state index is -3.88. The Hall–Kier alpha value is -0.770. The maximum atomic E-state index is 12.4. The molecule has 0 atom stereocenters. The van der Waals surface area contributed by atoms with E-state index in [1.54, 1.807) is 18.2 Å². The van der Waals surface area contributed by atoms with Gasteiger partial charge in [0.05, 0.1) is 17.8 Å². The Balaban J connectivity index is 2.45. The molecule has 2 aromatic rings. The number of aromatic nitrogens is 1. The van der Waals surface area contributed by atoms with Crippen LogP contribution in [0.1, 0.15) is 0 Å². The molecule has 0 saturated heterocycles. The van der Waals surface area contributed by atoms with Gasteiger partial charge in [-0.05, 0) is 46.9 Å². The van der Waals surface area contributed by atoms with E-state index in [-0.39, 0.29) is 15.8 Å². The molecular formula is C12H9Cl2IN2O3S. The van der Waals surface area contributed by atoms with Crippen LogP contribution < -0.4 is 9.46 Å². The molecule has 21 heavy (non-hydrogen) atoms. The van der Waals surface area contributed by atoms with Crippen molar-refractivity contribution in [2.75, 3.05) is 11.8 Å². The maximum Gasteiger partial charge on any atom is 0.267 e. The lowest BCUT2D eigenvalue weighted by molar-refractivity contribution is 0.385. The zero-order valence-electron chi connectivity index (χ0n) is 10.6. The smallest absolute Gasteiger partial charge is 0.267 e. The van der Waals surface area contributed by atoms with E-state index in [4.69, 9.17) is 27.9 Å². The summed E-state index contributed by atoms with van der Waals surface area (Å²) in [4.78, 5) is 3.71. The average molecular weight is 459 g/mol. The van der Waals surface area contributed by atoms with Crippen LogP contribution in [-0.4, -0.2) is 20.5 Å². The van der Waals surface area contributed by atoms with Crippen molar-refractivity contribution in [3.63, 3.8) is 0 Å². The second-order valence-corrected chi connectivity index (χ2v) is 7.58. The highest BCUT2D eigenvalue weighted by atomic mass is 127. The zero-order valence-corrected chi connectivity index (χ0v) is 15.1. The number of sulfonamides is 1. The third-order valence-electron chi connectivity index (χ3n) is 2.44. The average Bonchev–Trinajstić information content (AvgIpc) is 2.42. The highest BCUT2D eigenvalue weighted by molar-refractivity contribution is 14.1. The third kappa shape index (κ3) is 3.91. The van der Waals surface area contributed by atoms with Gasteiger partial charge in [-0.1, -0.05) is 23.2 Å². The molecule has 2 rings (SSSR count). The number of methoxy groups -OCH3 is 1. The summed E-state index contributed by atoms with van der Waals surface area (Å²) >= 11 is 13.6. The Morgan fingerprint density at radius 2 is 1.95 bits per heavy atom. The van der Waals surface area contributed by atoms with Gasteiger partial charge in [0.25, 0.3) is 10.0 Å². The second kappa shape index (κ2) is 6.55. The van der Waals surface area contributed by atoms with Crippen LogP contribution in [-0.2, 0) is 10.0 Å². The van der Waals surface area contributed by atoms with Crippen LogP contribution in [0.5, 0.6) is 5.88 Å². The van der Waals surface area contributed by atoms with Crippen LogP contribution in [0.3, 0.4) is 0 Å². The molecule has 1 aromatic heterocycles. The second-order valence-electron chi connectivity index (χ2n) is 3.89. The number of nitrogens with zero attached hydrogens (tertiary/aromatic N) is 1. The Morgan fingerprint density at radius 3 is 2.57 bits per heavy atom. The lowest BCUT2D eigenvalue weighted by Crippen LogP contribution is -2.15. The van der Waals surface area contributed by atoms with Gasteiger partial charge < -0.3 is 4.74 Å². The number of nitrogens with one attached hydrogen (secondary N) is 1. The van der Waals surface area contributed by atoms with E-state index >= 15 is 0 Å². The Morgan fingerprint density at radius 1 is 1.24 bits per heavy atom. The van der Waals surface area contributed by atoms with Gasteiger partial charge in [-0.3, -0.25) is 4.72 Å². The first-order valence-corrected chi connectivity index (χ1v) is 8.82. The molecule has 1 heterocycles. The molecule has 0 bridgehead atoms. The molecule has 0 spiro atoms. The molecule has 0 radical (unpaired) electrons. The Labute approximate surface area is 145 Å². The lowest BCUT2D eigenvalue weighted by atomic mass is 10.3. The van der Waals surface area contributed by atoms with E-state index < -0.39 is 10.0 Å². The number of benzene rings is 1. The summed E-state index contributed by atoms with van der Waals surface area (Å²) in [7, 11) is -2.55. The first-order chi connectivity index (χ1) is 9.83. The van der Waals surface area contributed by atoms with Crippen LogP contribution in [0.15, 0.2) is 35.4 Å². The first-order valence-electron chi connectivity index (χ1n) is 5.51. The molecule has 1 aromatic carbocycles. The van der Waals surface area contributed by atoms with E-state index in [1.165, 1.54) is 19.4 Å². The van der Waals surface area contributed by atoms with Gasteiger partial charge in [0.15, 0.2) is 4.90 Å². The van der Waals surface area contributed by atoms with Crippen molar-refractivity contribution in [2.24, 2.45) is 0 Å². The van der Waals surface area contributed by atoms with Gasteiger partial charge in [0, 0.05) is 14.8 Å². The molecule has 5 nitrogen and oxygen atoms in total. The quantitative estimate of drug-likeness (QED) is 0.707. The zero-order chi connectivity index (χ0) is 15.6. The minimum Gasteiger partial charge on any atom is -0.480 e. The summed E-state index contributed by atoms with van der Waals surface area (Å²) < 4.78 is 33.0. The summed E-state index contributed by atoms with van der Waals surface area (Å²) in [6, 6.07) is 6.09. The van der Waals surface area contributed by atoms with Gasteiger partial charge in [-0.25, -0.2) is 13.4 Å². The van der Waals surface area contributed by atoms with Crippen molar-refractivity contribution in [2.45, 2.75) is 4.90 Å². The van der Waals surface area contributed by atoms with E-state index in [0.717, 1.165) is 0 Å². The highest BCUT2D eigenvalue weighted by Gasteiger charge is 2.22. The minimum absolute atomic E-state index is 0.0316. The van der Waals surface area contributed by atoms with Crippen molar-refractivity contribution in [1.82, 2.24) is 4.98 Å². The van der Waals surface area contributed by atoms with Crippen LogP contribution in [0, 0.1) is 3.57 Å². The predicted octanol–water partition coefficient (Wildman–Crippen LogP) is 3.80. The highest BCUT2D eigenvalue weighted by Crippen LogP contribution is 2.29. The molecule has 0 aliphatic carbocycles. The van der Waals surface area contributed by atoms with Gasteiger partial charge >= 0.3 is 0 Å². The summed E-state index contributed by atoms with van der Waals surface area (Å²) in [5, 5.41) is 0.714. The van der Waals surface area contributed by atoms with Gasteiger partial charge in [0.1, 0.15) is 0 Å². The SMILES string of the molecule is COc1ncc(Cl)cc1S(=O)(=O)Nc1ccc(Cl)cc1I.